The second kappa shape index (κ2) is 9.13. The molecule has 37 heavy (non-hydrogen) atoms. The van der Waals surface area contributed by atoms with Gasteiger partial charge in [-0.15, -0.1) is 0 Å². The highest BCUT2D eigenvalue weighted by Gasteiger charge is 2.34. The molecule has 0 bridgehead atoms. The second-order valence-corrected chi connectivity index (χ2v) is 9.78. The van der Waals surface area contributed by atoms with E-state index in [9.17, 15) is 4.79 Å². The predicted octanol–water partition coefficient (Wildman–Crippen LogP) is 3.41. The monoisotopic (exact) mass is 499 g/mol. The van der Waals surface area contributed by atoms with Crippen molar-refractivity contribution < 1.29 is 14.3 Å². The van der Waals surface area contributed by atoms with Crippen molar-refractivity contribution in [3.05, 3.63) is 66.4 Å². The number of ether oxygens (including phenoxy) is 2. The number of fused-ring (bicyclic) bond motifs is 2. The van der Waals surface area contributed by atoms with Crippen LogP contribution >= 0.6 is 0 Å². The fourth-order valence-electron chi connectivity index (χ4n) is 4.95. The van der Waals surface area contributed by atoms with Gasteiger partial charge in [0, 0.05) is 44.7 Å². The summed E-state index contributed by atoms with van der Waals surface area (Å²) in [4.78, 5) is 28.3. The third kappa shape index (κ3) is 4.17. The molecule has 4 aromatic rings. The zero-order chi connectivity index (χ0) is 25.6. The fraction of sp³-hybridized carbons (Fsp3) is 0.333. The van der Waals surface area contributed by atoms with Crippen LogP contribution in [0.4, 0.5) is 17.2 Å². The molecule has 1 atom stereocenters. The summed E-state index contributed by atoms with van der Waals surface area (Å²) in [5, 5.41) is 6.31. The Labute approximate surface area is 214 Å². The zero-order valence-corrected chi connectivity index (χ0v) is 21.1. The molecule has 1 amide bonds. The number of imidazole rings is 1. The predicted molar refractivity (Wildman–Crippen MR) is 140 cm³/mol. The normalized spacial score (nSPS) is 17.6. The summed E-state index contributed by atoms with van der Waals surface area (Å²) in [5.74, 6) is 0.563. The Morgan fingerprint density at radius 1 is 1.16 bits per heavy atom. The largest absolute Gasteiger partial charge is 0.376 e. The first-order chi connectivity index (χ1) is 17.9. The van der Waals surface area contributed by atoms with Gasteiger partial charge < -0.3 is 25.0 Å². The SMILES string of the molecule is COC(C)(C)[C@H]1CN(c2ccc(Nc3ccc(-c4cnc5cnccn45)c4c3C(=O)NC4)nc2)CCO1. The number of anilines is 3. The average Bonchev–Trinajstić information content (AvgIpc) is 3.54. The van der Waals surface area contributed by atoms with Crippen LogP contribution < -0.4 is 15.5 Å². The number of benzene rings is 1. The van der Waals surface area contributed by atoms with Gasteiger partial charge in [-0.3, -0.25) is 14.2 Å². The molecule has 1 fully saturated rings. The number of nitrogens with zero attached hydrogens (tertiary/aromatic N) is 5. The van der Waals surface area contributed by atoms with Gasteiger partial charge in [0.05, 0.1) is 53.4 Å². The first-order valence-electron chi connectivity index (χ1n) is 12.3. The Morgan fingerprint density at radius 3 is 2.86 bits per heavy atom. The molecule has 0 saturated carbocycles. The van der Waals surface area contributed by atoms with E-state index in [0.717, 1.165) is 46.9 Å². The van der Waals surface area contributed by atoms with E-state index in [1.165, 1.54) is 0 Å². The third-order valence-corrected chi connectivity index (χ3v) is 7.30. The first-order valence-corrected chi connectivity index (χ1v) is 12.3. The number of amides is 1. The van der Waals surface area contributed by atoms with Crippen LogP contribution in [0.3, 0.4) is 0 Å². The number of methoxy groups -OCH3 is 1. The number of nitrogens with one attached hydrogen (secondary N) is 2. The smallest absolute Gasteiger partial charge is 0.254 e. The highest BCUT2D eigenvalue weighted by molar-refractivity contribution is 6.06. The van der Waals surface area contributed by atoms with Crippen molar-refractivity contribution in [2.45, 2.75) is 32.1 Å². The standard InChI is InChI=1S/C27H29N7O3/c1-27(2,36-3)22-16-33(10-11-37-22)17-4-7-23(29-12-17)32-20-6-5-18(19-13-31-26(35)25(19)20)21-14-30-24-15-28-8-9-34(21)24/h4-9,12,14-15,22H,10-11,13,16H2,1-3H3,(H,29,32)(H,31,35)/t22-/m1/s1. The van der Waals surface area contributed by atoms with Crippen LogP contribution in [0.25, 0.3) is 16.9 Å². The van der Waals surface area contributed by atoms with E-state index in [4.69, 9.17) is 9.47 Å². The minimum atomic E-state index is -0.374. The van der Waals surface area contributed by atoms with E-state index >= 15 is 0 Å². The van der Waals surface area contributed by atoms with Gasteiger partial charge in [0.15, 0.2) is 5.65 Å². The van der Waals surface area contributed by atoms with Crippen molar-refractivity contribution in [1.82, 2.24) is 24.7 Å². The number of carbonyl (C=O) groups excluding carboxylic acids is 1. The van der Waals surface area contributed by atoms with Crippen molar-refractivity contribution in [2.24, 2.45) is 0 Å². The van der Waals surface area contributed by atoms with E-state index in [-0.39, 0.29) is 17.6 Å². The highest BCUT2D eigenvalue weighted by Crippen LogP contribution is 2.35. The van der Waals surface area contributed by atoms with Crippen LogP contribution in [0.2, 0.25) is 0 Å². The molecule has 6 rings (SSSR count). The van der Waals surface area contributed by atoms with Crippen LogP contribution in [0.15, 0.2) is 55.2 Å². The van der Waals surface area contributed by atoms with Crippen LogP contribution in [0.5, 0.6) is 0 Å². The molecule has 2 N–H and O–H groups in total. The van der Waals surface area contributed by atoms with Crippen LogP contribution in [0, 0.1) is 0 Å². The number of rotatable bonds is 6. The van der Waals surface area contributed by atoms with Crippen LogP contribution in [-0.2, 0) is 16.0 Å². The molecule has 10 heteroatoms. The van der Waals surface area contributed by atoms with E-state index < -0.39 is 0 Å². The minimum Gasteiger partial charge on any atom is -0.376 e. The Bertz CT molecular complexity index is 1460. The Hall–Kier alpha value is -4.02. The summed E-state index contributed by atoms with van der Waals surface area (Å²) in [5.41, 5.74) is 5.56. The maximum absolute atomic E-state index is 12.8. The molecular weight excluding hydrogens is 470 g/mol. The lowest BCUT2D eigenvalue weighted by atomic mass is 9.99. The molecule has 0 unspecified atom stereocenters. The van der Waals surface area contributed by atoms with Gasteiger partial charge in [0.2, 0.25) is 0 Å². The molecular formula is C27H29N7O3. The topological polar surface area (TPSA) is 106 Å². The van der Waals surface area contributed by atoms with Gasteiger partial charge in [-0.2, -0.15) is 0 Å². The fourth-order valence-corrected chi connectivity index (χ4v) is 4.95. The maximum atomic E-state index is 12.8. The van der Waals surface area contributed by atoms with E-state index in [0.29, 0.717) is 24.5 Å². The summed E-state index contributed by atoms with van der Waals surface area (Å²) in [6, 6.07) is 7.92. The molecule has 0 spiro atoms. The lowest BCUT2D eigenvalue weighted by molar-refractivity contribution is -0.113. The lowest BCUT2D eigenvalue weighted by Gasteiger charge is -2.41. The number of pyridine rings is 1. The summed E-state index contributed by atoms with van der Waals surface area (Å²) in [6.07, 6.45) is 8.95. The molecule has 3 aromatic heterocycles. The Kier molecular flexibility index (Phi) is 5.77. The molecule has 190 valence electrons. The van der Waals surface area contributed by atoms with Gasteiger partial charge >= 0.3 is 0 Å². The van der Waals surface area contributed by atoms with Gasteiger partial charge in [-0.05, 0) is 37.6 Å². The molecule has 0 aliphatic carbocycles. The molecule has 5 heterocycles. The van der Waals surface area contributed by atoms with Crippen molar-refractivity contribution in [3.63, 3.8) is 0 Å². The number of morpholine rings is 1. The maximum Gasteiger partial charge on any atom is 0.254 e. The number of aromatic nitrogens is 4. The average molecular weight is 500 g/mol. The number of hydrogen-bond acceptors (Lipinski definition) is 8. The van der Waals surface area contributed by atoms with Crippen LogP contribution in [-0.4, -0.2) is 63.8 Å². The second-order valence-electron chi connectivity index (χ2n) is 9.78. The summed E-state index contributed by atoms with van der Waals surface area (Å²) in [7, 11) is 1.71. The number of hydrogen-bond donors (Lipinski definition) is 2. The molecule has 10 nitrogen and oxygen atoms in total. The molecule has 0 radical (unpaired) electrons. The lowest BCUT2D eigenvalue weighted by Crippen LogP contribution is -2.52. The van der Waals surface area contributed by atoms with Gasteiger partial charge in [0.1, 0.15) is 11.9 Å². The summed E-state index contributed by atoms with van der Waals surface area (Å²) < 4.78 is 13.6. The molecule has 1 aromatic carbocycles. The molecule has 2 aliphatic rings. The first kappa shape index (κ1) is 23.4. The van der Waals surface area contributed by atoms with E-state index in [1.807, 2.05) is 61.1 Å². The van der Waals surface area contributed by atoms with Crippen LogP contribution in [0.1, 0.15) is 29.8 Å². The van der Waals surface area contributed by atoms with Gasteiger partial charge in [0.25, 0.3) is 5.91 Å². The molecule has 2 aliphatic heterocycles. The van der Waals surface area contributed by atoms with Crippen molar-refractivity contribution in [3.8, 4) is 11.3 Å². The van der Waals surface area contributed by atoms with Gasteiger partial charge in [-0.1, -0.05) is 6.07 Å². The van der Waals surface area contributed by atoms with E-state index in [2.05, 4.69) is 30.5 Å². The Balaban J connectivity index is 1.25. The van der Waals surface area contributed by atoms with Gasteiger partial charge in [-0.25, -0.2) is 9.97 Å². The van der Waals surface area contributed by atoms with E-state index in [1.54, 1.807) is 19.5 Å². The van der Waals surface area contributed by atoms with Crippen molar-refractivity contribution in [2.75, 3.05) is 37.0 Å². The third-order valence-electron chi connectivity index (χ3n) is 7.30. The van der Waals surface area contributed by atoms with Crippen molar-refractivity contribution in [1.29, 1.82) is 0 Å². The summed E-state index contributed by atoms with van der Waals surface area (Å²) in [6.45, 7) is 6.69. The highest BCUT2D eigenvalue weighted by atomic mass is 16.5. The zero-order valence-electron chi connectivity index (χ0n) is 21.1. The summed E-state index contributed by atoms with van der Waals surface area (Å²) >= 11 is 0. The number of carbonyl (C=O) groups is 1. The van der Waals surface area contributed by atoms with Crippen molar-refractivity contribution >= 4 is 28.7 Å². The minimum absolute atomic E-state index is 0.0344. The quantitative estimate of drug-likeness (QED) is 0.416. The molecule has 1 saturated heterocycles. The Morgan fingerprint density at radius 2 is 2.05 bits per heavy atom.